The number of hydrogen-bond donors (Lipinski definition) is 2. The van der Waals surface area contributed by atoms with E-state index in [1.54, 1.807) is 6.07 Å². The number of carboxylic acids is 1. The number of aromatic nitrogens is 1. The Morgan fingerprint density at radius 3 is 2.90 bits per heavy atom. The van der Waals surface area contributed by atoms with E-state index in [0.717, 1.165) is 23.7 Å². The average molecular weight is 286 g/mol. The highest BCUT2D eigenvalue weighted by atomic mass is 16.4. The summed E-state index contributed by atoms with van der Waals surface area (Å²) in [5.41, 5.74) is 0.0416. The van der Waals surface area contributed by atoms with Crippen molar-refractivity contribution < 1.29 is 15.0 Å². The van der Waals surface area contributed by atoms with Crippen molar-refractivity contribution in [1.29, 1.82) is 0 Å². The molecule has 2 heterocycles. The maximum absolute atomic E-state index is 11.3. The van der Waals surface area contributed by atoms with E-state index in [-0.39, 0.29) is 18.3 Å². The molecule has 2 atom stereocenters. The fourth-order valence-corrected chi connectivity index (χ4v) is 3.06. The minimum Gasteiger partial charge on any atom is -0.477 e. The van der Waals surface area contributed by atoms with Gasteiger partial charge in [-0.3, -0.25) is 0 Å². The first-order valence-electron chi connectivity index (χ1n) is 7.12. The number of aromatic carboxylic acids is 1. The summed E-state index contributed by atoms with van der Waals surface area (Å²) >= 11 is 0. The van der Waals surface area contributed by atoms with Crippen LogP contribution in [0.3, 0.4) is 0 Å². The maximum Gasteiger partial charge on any atom is 0.354 e. The Morgan fingerprint density at radius 1 is 1.43 bits per heavy atom. The number of hydrogen-bond acceptors (Lipinski definition) is 4. The third kappa shape index (κ3) is 2.34. The Morgan fingerprint density at radius 2 is 2.19 bits per heavy atom. The molecule has 0 spiro atoms. The molecule has 1 aliphatic rings. The second kappa shape index (κ2) is 5.33. The molecule has 110 valence electrons. The maximum atomic E-state index is 11.3. The molecule has 0 saturated carbocycles. The quantitative estimate of drug-likeness (QED) is 0.904. The zero-order valence-corrected chi connectivity index (χ0v) is 11.9. The molecular weight excluding hydrogens is 268 g/mol. The molecule has 5 heteroatoms. The topological polar surface area (TPSA) is 73.7 Å². The number of carbonyl (C=O) groups is 1. The number of pyridine rings is 1. The molecule has 21 heavy (non-hydrogen) atoms. The van der Waals surface area contributed by atoms with Gasteiger partial charge in [-0.1, -0.05) is 31.2 Å². The van der Waals surface area contributed by atoms with E-state index in [1.165, 1.54) is 0 Å². The molecule has 2 N–H and O–H groups in total. The van der Waals surface area contributed by atoms with Crippen molar-refractivity contribution in [2.75, 3.05) is 18.1 Å². The molecule has 0 aliphatic carbocycles. The van der Waals surface area contributed by atoms with Crippen molar-refractivity contribution >= 4 is 22.6 Å². The van der Waals surface area contributed by atoms with Crippen LogP contribution in [-0.2, 0) is 0 Å². The number of benzene rings is 1. The Hall–Kier alpha value is -2.14. The van der Waals surface area contributed by atoms with Crippen LogP contribution in [0.5, 0.6) is 0 Å². The predicted octanol–water partition coefficient (Wildman–Crippen LogP) is 2.14. The first kappa shape index (κ1) is 13.8. The number of aliphatic hydroxyl groups is 1. The SMILES string of the molecule is CC1CCN(c2nc(C(=O)O)cc3ccccc23)C1CO. The van der Waals surface area contributed by atoms with Gasteiger partial charge in [0, 0.05) is 11.9 Å². The van der Waals surface area contributed by atoms with Crippen LogP contribution in [-0.4, -0.2) is 40.4 Å². The molecule has 1 saturated heterocycles. The first-order chi connectivity index (χ1) is 10.1. The van der Waals surface area contributed by atoms with E-state index in [1.807, 2.05) is 29.2 Å². The molecule has 0 amide bonds. The number of nitrogens with zero attached hydrogens (tertiary/aromatic N) is 2. The Labute approximate surface area is 122 Å². The highest BCUT2D eigenvalue weighted by molar-refractivity contribution is 5.98. The normalized spacial score (nSPS) is 21.9. The van der Waals surface area contributed by atoms with E-state index in [0.29, 0.717) is 11.7 Å². The van der Waals surface area contributed by atoms with E-state index >= 15 is 0 Å². The molecule has 5 nitrogen and oxygen atoms in total. The molecule has 1 aromatic heterocycles. The van der Waals surface area contributed by atoms with Gasteiger partial charge in [0.15, 0.2) is 5.69 Å². The number of rotatable bonds is 3. The van der Waals surface area contributed by atoms with Crippen LogP contribution in [0.4, 0.5) is 5.82 Å². The van der Waals surface area contributed by atoms with Gasteiger partial charge in [0.05, 0.1) is 12.6 Å². The lowest BCUT2D eigenvalue weighted by Crippen LogP contribution is -2.36. The van der Waals surface area contributed by atoms with Crippen molar-refractivity contribution in [1.82, 2.24) is 4.98 Å². The zero-order chi connectivity index (χ0) is 15.0. The molecule has 2 unspecified atom stereocenters. The molecule has 1 aliphatic heterocycles. The predicted molar refractivity (Wildman–Crippen MR) is 80.7 cm³/mol. The summed E-state index contributed by atoms with van der Waals surface area (Å²) in [4.78, 5) is 17.7. The fourth-order valence-electron chi connectivity index (χ4n) is 3.06. The lowest BCUT2D eigenvalue weighted by Gasteiger charge is -2.27. The molecule has 3 rings (SSSR count). The van der Waals surface area contributed by atoms with Crippen LogP contribution in [0.1, 0.15) is 23.8 Å². The summed E-state index contributed by atoms with van der Waals surface area (Å²) < 4.78 is 0. The molecule has 1 aromatic carbocycles. The van der Waals surface area contributed by atoms with Gasteiger partial charge in [-0.25, -0.2) is 9.78 Å². The van der Waals surface area contributed by atoms with Gasteiger partial charge in [0.25, 0.3) is 0 Å². The molecule has 1 fully saturated rings. The largest absolute Gasteiger partial charge is 0.477 e. The summed E-state index contributed by atoms with van der Waals surface area (Å²) in [6.07, 6.45) is 0.971. The van der Waals surface area contributed by atoms with E-state index in [4.69, 9.17) is 0 Å². The number of aliphatic hydroxyl groups excluding tert-OH is 1. The van der Waals surface area contributed by atoms with Gasteiger partial charge in [-0.05, 0) is 23.8 Å². The first-order valence-corrected chi connectivity index (χ1v) is 7.12. The van der Waals surface area contributed by atoms with Crippen molar-refractivity contribution in [3.05, 3.63) is 36.0 Å². The zero-order valence-electron chi connectivity index (χ0n) is 11.9. The molecule has 0 bridgehead atoms. The van der Waals surface area contributed by atoms with E-state index in [2.05, 4.69) is 11.9 Å². The number of carboxylic acid groups (broad SMARTS) is 1. The molecule has 0 radical (unpaired) electrons. The minimum absolute atomic E-state index is 0.00930. The van der Waals surface area contributed by atoms with Crippen LogP contribution in [0.25, 0.3) is 10.8 Å². The van der Waals surface area contributed by atoms with Crippen LogP contribution < -0.4 is 4.90 Å². The van der Waals surface area contributed by atoms with Crippen LogP contribution in [0.15, 0.2) is 30.3 Å². The van der Waals surface area contributed by atoms with Gasteiger partial charge < -0.3 is 15.1 Å². The van der Waals surface area contributed by atoms with Gasteiger partial charge in [-0.15, -0.1) is 0 Å². The van der Waals surface area contributed by atoms with Crippen LogP contribution in [0.2, 0.25) is 0 Å². The van der Waals surface area contributed by atoms with Gasteiger partial charge >= 0.3 is 5.97 Å². The second-order valence-electron chi connectivity index (χ2n) is 5.57. The summed E-state index contributed by atoms with van der Waals surface area (Å²) in [7, 11) is 0. The van der Waals surface area contributed by atoms with Crippen molar-refractivity contribution in [3.63, 3.8) is 0 Å². The highest BCUT2D eigenvalue weighted by Crippen LogP contribution is 2.33. The lowest BCUT2D eigenvalue weighted by atomic mass is 10.0. The van der Waals surface area contributed by atoms with Crippen molar-refractivity contribution in [2.24, 2.45) is 5.92 Å². The van der Waals surface area contributed by atoms with E-state index in [9.17, 15) is 15.0 Å². The summed E-state index contributed by atoms with van der Waals surface area (Å²) in [6.45, 7) is 2.94. The van der Waals surface area contributed by atoms with Crippen molar-refractivity contribution in [2.45, 2.75) is 19.4 Å². The molecular formula is C16H18N2O3. The van der Waals surface area contributed by atoms with Crippen LogP contribution in [0, 0.1) is 5.92 Å². The lowest BCUT2D eigenvalue weighted by molar-refractivity contribution is 0.0691. The second-order valence-corrected chi connectivity index (χ2v) is 5.57. The Kier molecular flexibility index (Phi) is 3.51. The summed E-state index contributed by atoms with van der Waals surface area (Å²) in [6, 6.07) is 9.22. The van der Waals surface area contributed by atoms with Crippen molar-refractivity contribution in [3.8, 4) is 0 Å². The Bertz CT molecular complexity index is 686. The minimum atomic E-state index is -1.03. The van der Waals surface area contributed by atoms with Crippen LogP contribution >= 0.6 is 0 Å². The Balaban J connectivity index is 2.18. The van der Waals surface area contributed by atoms with Gasteiger partial charge in [0.2, 0.25) is 0 Å². The highest BCUT2D eigenvalue weighted by Gasteiger charge is 2.32. The fraction of sp³-hybridized carbons (Fsp3) is 0.375. The molecule has 2 aromatic rings. The van der Waals surface area contributed by atoms with E-state index < -0.39 is 5.97 Å². The van der Waals surface area contributed by atoms with Gasteiger partial charge in [-0.2, -0.15) is 0 Å². The average Bonchev–Trinajstić information content (AvgIpc) is 2.86. The smallest absolute Gasteiger partial charge is 0.354 e. The summed E-state index contributed by atoms with van der Waals surface area (Å²) in [5.74, 6) is -0.00672. The summed E-state index contributed by atoms with van der Waals surface area (Å²) in [5, 5.41) is 20.7. The standard InChI is InChI=1S/C16H18N2O3/c1-10-6-7-18(14(10)9-19)15-12-5-3-2-4-11(12)8-13(17-15)16(20)21/h2-5,8,10,14,19H,6-7,9H2,1H3,(H,20,21). The number of anilines is 1. The van der Waals surface area contributed by atoms with Gasteiger partial charge in [0.1, 0.15) is 5.82 Å². The third-order valence-corrected chi connectivity index (χ3v) is 4.28. The third-order valence-electron chi connectivity index (χ3n) is 4.28. The number of fused-ring (bicyclic) bond motifs is 1. The monoisotopic (exact) mass is 286 g/mol.